The van der Waals surface area contributed by atoms with Crippen LogP contribution in [-0.4, -0.2) is 57.1 Å². The number of hydrogen-bond donors (Lipinski definition) is 1. The molecule has 2 unspecified atom stereocenters. The number of quaternary nitrogens is 1. The van der Waals surface area contributed by atoms with E-state index in [4.69, 9.17) is 9.47 Å². The molecule has 0 radical (unpaired) electrons. The van der Waals surface area contributed by atoms with Gasteiger partial charge < -0.3 is 19.4 Å². The molecule has 276 valence electrons. The van der Waals surface area contributed by atoms with Gasteiger partial charge in [0.15, 0.2) is 0 Å². The summed E-state index contributed by atoms with van der Waals surface area (Å²) in [6.07, 6.45) is 13.6. The van der Waals surface area contributed by atoms with Gasteiger partial charge in [0.1, 0.15) is 30.4 Å². The quantitative estimate of drug-likeness (QED) is 0.0772. The highest BCUT2D eigenvalue weighted by Crippen LogP contribution is 2.35. The third-order valence-corrected chi connectivity index (χ3v) is 10.8. The summed E-state index contributed by atoms with van der Waals surface area (Å²) in [6, 6.07) is 26.4. The lowest BCUT2D eigenvalue weighted by atomic mass is 9.98. The molecule has 1 aliphatic heterocycles. The summed E-state index contributed by atoms with van der Waals surface area (Å²) in [5, 5.41) is 3.10. The van der Waals surface area contributed by atoms with Gasteiger partial charge in [0.2, 0.25) is 0 Å². The van der Waals surface area contributed by atoms with Crippen molar-refractivity contribution in [3.63, 3.8) is 0 Å². The van der Waals surface area contributed by atoms with Crippen molar-refractivity contribution in [3.8, 4) is 5.75 Å². The molecular formula is C43H55N4O4S+. The van der Waals surface area contributed by atoms with Crippen LogP contribution in [0.2, 0.25) is 0 Å². The van der Waals surface area contributed by atoms with Crippen molar-refractivity contribution < 1.29 is 23.0 Å². The van der Waals surface area contributed by atoms with Crippen LogP contribution in [0.4, 0.5) is 5.69 Å². The zero-order valence-corrected chi connectivity index (χ0v) is 31.9. The predicted molar refractivity (Wildman–Crippen MR) is 211 cm³/mol. The predicted octanol–water partition coefficient (Wildman–Crippen LogP) is 8.92. The Hall–Kier alpha value is -4.31. The normalized spacial score (nSPS) is 16.7. The molecule has 9 heteroatoms. The van der Waals surface area contributed by atoms with Gasteiger partial charge in [-0.2, -0.15) is 0 Å². The Labute approximate surface area is 312 Å². The molecule has 0 saturated carbocycles. The first-order valence-corrected chi connectivity index (χ1v) is 20.2. The van der Waals surface area contributed by atoms with E-state index in [1.807, 2.05) is 48.7 Å². The zero-order valence-electron chi connectivity index (χ0n) is 31.1. The van der Waals surface area contributed by atoms with Crippen molar-refractivity contribution in [3.05, 3.63) is 126 Å². The molecule has 8 nitrogen and oxygen atoms in total. The fourth-order valence-corrected chi connectivity index (χ4v) is 7.91. The third kappa shape index (κ3) is 10.9. The van der Waals surface area contributed by atoms with Gasteiger partial charge in [0.25, 0.3) is 5.91 Å². The van der Waals surface area contributed by atoms with Crippen molar-refractivity contribution >= 4 is 28.1 Å². The van der Waals surface area contributed by atoms with Gasteiger partial charge in [-0.25, -0.2) is 4.98 Å². The molecule has 5 rings (SSSR count). The first-order valence-electron chi connectivity index (χ1n) is 18.9. The number of nitrogens with one attached hydrogen (secondary N) is 1. The average Bonchev–Trinajstić information content (AvgIpc) is 3.59. The van der Waals surface area contributed by atoms with Gasteiger partial charge in [-0.15, -0.1) is 0 Å². The second-order valence-corrected chi connectivity index (χ2v) is 14.9. The summed E-state index contributed by atoms with van der Waals surface area (Å²) in [5.74, 6) is 1.87. The van der Waals surface area contributed by atoms with E-state index in [9.17, 15) is 9.00 Å². The molecule has 0 saturated heterocycles. The van der Waals surface area contributed by atoms with Gasteiger partial charge in [0.05, 0.1) is 36.2 Å². The van der Waals surface area contributed by atoms with Crippen LogP contribution in [0.25, 0.3) is 5.70 Å². The fraction of sp³-hybridized carbons (Fsp3) is 0.395. The molecule has 1 amide bonds. The lowest BCUT2D eigenvalue weighted by Crippen LogP contribution is -2.47. The first-order chi connectivity index (χ1) is 25.4. The molecule has 0 fully saturated rings. The number of amides is 1. The second kappa shape index (κ2) is 20.1. The maximum Gasteiger partial charge on any atom is 0.251 e. The molecule has 1 aliphatic rings. The van der Waals surface area contributed by atoms with Gasteiger partial charge in [-0.1, -0.05) is 57.5 Å². The highest BCUT2D eigenvalue weighted by Gasteiger charge is 2.34. The lowest BCUT2D eigenvalue weighted by Gasteiger charge is -2.41. The molecule has 1 aromatic heterocycles. The molecule has 4 aromatic rings. The Kier molecular flexibility index (Phi) is 15.0. The van der Waals surface area contributed by atoms with Crippen LogP contribution in [0, 0.1) is 0 Å². The molecule has 0 spiro atoms. The second-order valence-electron chi connectivity index (χ2n) is 13.4. The van der Waals surface area contributed by atoms with E-state index in [2.05, 4.69) is 84.2 Å². The Bertz CT molecular complexity index is 1780. The molecule has 0 bridgehead atoms. The number of rotatable bonds is 19. The van der Waals surface area contributed by atoms with Gasteiger partial charge in [0, 0.05) is 65.3 Å². The maximum atomic E-state index is 13.7. The molecule has 1 N–H and O–H groups in total. The number of allylic oxidation sites excluding steroid dienone is 2. The highest BCUT2D eigenvalue weighted by molar-refractivity contribution is 7.84. The zero-order chi connectivity index (χ0) is 36.6. The standard InChI is InChI=1S/C43H54N4O4S/c1-4-7-30-50-31-32-51-39-20-15-36(16-21-39)41-24-17-37(14-11-29-47(41,28-6-3)33-35-12-9-8-10-13-35)43(48)45-38-18-22-40(23-19-38)52(49)34-42-44-25-27-46(42)26-5-2/h8-10,12-13,15-25,27H,4-7,11,14,26,28-34H2,1-3H3/p+1. The number of carbonyl (C=O) groups is 1. The van der Waals surface area contributed by atoms with Crippen molar-refractivity contribution in [2.45, 2.75) is 83.0 Å². The molecule has 0 aliphatic carbocycles. The number of ether oxygens (including phenoxy) is 2. The van der Waals surface area contributed by atoms with Gasteiger partial charge in [-0.3, -0.25) is 13.5 Å². The summed E-state index contributed by atoms with van der Waals surface area (Å²) in [7, 11) is -1.24. The van der Waals surface area contributed by atoms with E-state index >= 15 is 0 Å². The summed E-state index contributed by atoms with van der Waals surface area (Å²) < 4.78 is 27.7. The largest absolute Gasteiger partial charge is 0.491 e. The van der Waals surface area contributed by atoms with Crippen LogP contribution in [-0.2, 0) is 39.2 Å². The van der Waals surface area contributed by atoms with E-state index in [-0.39, 0.29) is 5.91 Å². The third-order valence-electron chi connectivity index (χ3n) is 9.45. The number of anilines is 1. The van der Waals surface area contributed by atoms with E-state index in [0.29, 0.717) is 36.0 Å². The average molecular weight is 724 g/mol. The molecule has 52 heavy (non-hydrogen) atoms. The van der Waals surface area contributed by atoms with E-state index in [0.717, 1.165) is 92.1 Å². The van der Waals surface area contributed by atoms with Crippen molar-refractivity contribution in [1.82, 2.24) is 9.55 Å². The fourth-order valence-electron chi connectivity index (χ4n) is 6.82. The highest BCUT2D eigenvalue weighted by atomic mass is 32.2. The van der Waals surface area contributed by atoms with Crippen LogP contribution < -0.4 is 10.1 Å². The number of benzene rings is 3. The van der Waals surface area contributed by atoms with Crippen LogP contribution >= 0.6 is 0 Å². The van der Waals surface area contributed by atoms with E-state index in [1.165, 1.54) is 11.3 Å². The minimum Gasteiger partial charge on any atom is -0.491 e. The van der Waals surface area contributed by atoms with E-state index < -0.39 is 10.8 Å². The summed E-state index contributed by atoms with van der Waals surface area (Å²) >= 11 is 0. The number of carbonyl (C=O) groups excluding carboxylic acids is 1. The Morgan fingerprint density at radius 2 is 1.69 bits per heavy atom. The number of nitrogens with zero attached hydrogens (tertiary/aromatic N) is 3. The Morgan fingerprint density at radius 1 is 0.904 bits per heavy atom. The number of aromatic nitrogens is 2. The topological polar surface area (TPSA) is 82.4 Å². The van der Waals surface area contributed by atoms with Crippen molar-refractivity contribution in [2.24, 2.45) is 0 Å². The Morgan fingerprint density at radius 3 is 2.42 bits per heavy atom. The molecule has 3 aromatic carbocycles. The maximum absolute atomic E-state index is 13.7. The van der Waals surface area contributed by atoms with Gasteiger partial charge in [-0.05, 0) is 80.3 Å². The van der Waals surface area contributed by atoms with Crippen LogP contribution in [0.1, 0.15) is 76.2 Å². The number of aryl methyl sites for hydroxylation is 1. The van der Waals surface area contributed by atoms with Crippen molar-refractivity contribution in [2.75, 3.05) is 38.2 Å². The summed E-state index contributed by atoms with van der Waals surface area (Å²) in [6.45, 7) is 12.0. The van der Waals surface area contributed by atoms with Crippen LogP contribution in [0.15, 0.2) is 114 Å². The van der Waals surface area contributed by atoms with Gasteiger partial charge >= 0.3 is 0 Å². The summed E-state index contributed by atoms with van der Waals surface area (Å²) in [4.78, 5) is 18.8. The molecular weight excluding hydrogens is 669 g/mol. The minimum absolute atomic E-state index is 0.116. The first kappa shape index (κ1) is 38.9. The monoisotopic (exact) mass is 723 g/mol. The van der Waals surface area contributed by atoms with Crippen molar-refractivity contribution in [1.29, 1.82) is 0 Å². The Balaban J connectivity index is 1.34. The molecule has 2 atom stereocenters. The number of hydrogen-bond acceptors (Lipinski definition) is 5. The SMILES string of the molecule is CCCCOCCOc1ccc(C2=CC=C(C(=O)Nc3ccc(S(=O)Cc4nccn4CCC)cc3)CCC[N+]2(CCC)Cc2ccccc2)cc1. The van der Waals surface area contributed by atoms with Crippen LogP contribution in [0.3, 0.4) is 0 Å². The van der Waals surface area contributed by atoms with Crippen LogP contribution in [0.5, 0.6) is 5.75 Å². The summed E-state index contributed by atoms with van der Waals surface area (Å²) in [5.41, 5.74) is 5.02. The number of unbranched alkanes of at least 4 members (excludes halogenated alkanes) is 1. The number of imidazole rings is 1. The van der Waals surface area contributed by atoms with E-state index in [1.54, 1.807) is 6.20 Å². The molecule has 2 heterocycles. The minimum atomic E-state index is -1.24. The lowest BCUT2D eigenvalue weighted by molar-refractivity contribution is -0.873. The smallest absolute Gasteiger partial charge is 0.251 e.